The third kappa shape index (κ3) is 3.56. The molecule has 0 unspecified atom stereocenters. The lowest BCUT2D eigenvalue weighted by molar-refractivity contribution is -0.132. The number of Topliss-reactive ketones (excluding diaryl/α,β-unsaturated/α-hetero) is 1. The Kier molecular flexibility index (Phi) is 5.18. The Labute approximate surface area is 194 Å². The van der Waals surface area contributed by atoms with Gasteiger partial charge >= 0.3 is 5.91 Å². The van der Waals surface area contributed by atoms with Gasteiger partial charge in [-0.25, -0.2) is 4.98 Å². The van der Waals surface area contributed by atoms with Crippen molar-refractivity contribution in [1.82, 2.24) is 4.98 Å². The molecule has 1 amide bonds. The maximum atomic E-state index is 13.3. The quantitative estimate of drug-likeness (QED) is 0.258. The number of ketones is 1. The summed E-state index contributed by atoms with van der Waals surface area (Å²) in [5, 5.41) is 11.5. The highest BCUT2D eigenvalue weighted by molar-refractivity contribution is 7.22. The number of fused-ring (bicyclic) bond motifs is 1. The number of thiazole rings is 1. The van der Waals surface area contributed by atoms with E-state index in [9.17, 15) is 14.7 Å². The number of hydrogen-bond donors (Lipinski definition) is 1. The van der Waals surface area contributed by atoms with E-state index in [0.717, 1.165) is 15.8 Å². The zero-order valence-electron chi connectivity index (χ0n) is 18.0. The summed E-state index contributed by atoms with van der Waals surface area (Å²) in [6.45, 7) is 1.99. The zero-order chi connectivity index (χ0) is 23.1. The van der Waals surface area contributed by atoms with Crippen LogP contribution in [0.25, 0.3) is 16.0 Å². The van der Waals surface area contributed by atoms with Crippen molar-refractivity contribution in [2.45, 2.75) is 13.0 Å². The van der Waals surface area contributed by atoms with E-state index in [0.29, 0.717) is 22.0 Å². The van der Waals surface area contributed by atoms with Gasteiger partial charge in [-0.1, -0.05) is 59.9 Å². The summed E-state index contributed by atoms with van der Waals surface area (Å²) in [4.78, 5) is 32.5. The molecular weight excluding hydrogens is 436 g/mol. The molecule has 0 aliphatic carbocycles. The molecular formula is C26H20N2O4S. The Hall–Kier alpha value is -3.97. The number of aryl methyl sites for hydroxylation is 1. The van der Waals surface area contributed by atoms with Gasteiger partial charge in [0.1, 0.15) is 11.5 Å². The van der Waals surface area contributed by atoms with Crippen LogP contribution in [0.3, 0.4) is 0 Å². The average Bonchev–Trinajstić information content (AvgIpc) is 3.37. The van der Waals surface area contributed by atoms with Gasteiger partial charge in [0, 0.05) is 5.56 Å². The lowest BCUT2D eigenvalue weighted by atomic mass is 9.95. The van der Waals surface area contributed by atoms with Crippen molar-refractivity contribution in [1.29, 1.82) is 0 Å². The Morgan fingerprint density at radius 3 is 2.45 bits per heavy atom. The monoisotopic (exact) mass is 456 g/mol. The standard InChI is InChI=1S/C26H20N2O4S/c1-15-8-13-19-20(14-15)33-26(27-19)28-22(16-9-11-18(32-2)12-10-16)21(24(30)25(28)31)23(29)17-6-4-3-5-7-17/h3-14,22,29H,1-2H3/b23-21+/t22-/m1/s1. The normalized spacial score (nSPS) is 17.6. The molecule has 6 nitrogen and oxygen atoms in total. The summed E-state index contributed by atoms with van der Waals surface area (Å²) in [6.07, 6.45) is 0. The first kappa shape index (κ1) is 20.9. The second kappa shape index (κ2) is 8.18. The van der Waals surface area contributed by atoms with E-state index in [-0.39, 0.29) is 11.3 Å². The number of benzene rings is 3. The van der Waals surface area contributed by atoms with Crippen molar-refractivity contribution >= 4 is 44.1 Å². The topological polar surface area (TPSA) is 79.7 Å². The van der Waals surface area contributed by atoms with Crippen LogP contribution >= 0.6 is 11.3 Å². The molecule has 33 heavy (non-hydrogen) atoms. The maximum Gasteiger partial charge on any atom is 0.301 e. The summed E-state index contributed by atoms with van der Waals surface area (Å²) in [5.41, 5.74) is 3.00. The second-order valence-electron chi connectivity index (χ2n) is 7.78. The molecule has 1 aliphatic rings. The van der Waals surface area contributed by atoms with Crippen LogP contribution in [0.15, 0.2) is 78.4 Å². The molecule has 4 aromatic rings. The predicted octanol–water partition coefficient (Wildman–Crippen LogP) is 5.24. The van der Waals surface area contributed by atoms with Gasteiger partial charge in [0.25, 0.3) is 5.78 Å². The van der Waals surface area contributed by atoms with E-state index < -0.39 is 17.7 Å². The number of ether oxygens (including phenoxy) is 1. The summed E-state index contributed by atoms with van der Waals surface area (Å²) in [6, 6.07) is 20.9. The smallest absolute Gasteiger partial charge is 0.301 e. The van der Waals surface area contributed by atoms with E-state index in [1.807, 2.05) is 31.2 Å². The molecule has 0 spiro atoms. The van der Waals surface area contributed by atoms with Gasteiger partial charge in [0.2, 0.25) is 0 Å². The molecule has 0 radical (unpaired) electrons. The number of anilines is 1. The fourth-order valence-electron chi connectivity index (χ4n) is 4.01. The molecule has 1 aliphatic heterocycles. The van der Waals surface area contributed by atoms with Gasteiger partial charge in [-0.05, 0) is 42.3 Å². The second-order valence-corrected chi connectivity index (χ2v) is 8.79. The van der Waals surface area contributed by atoms with Crippen LogP contribution in [0.4, 0.5) is 5.13 Å². The fourth-order valence-corrected chi connectivity index (χ4v) is 5.10. The SMILES string of the molecule is COc1ccc([C@@H]2/C(=C(\O)c3ccccc3)C(=O)C(=O)N2c2nc3ccc(C)cc3s2)cc1. The number of amides is 1. The van der Waals surface area contributed by atoms with Crippen molar-refractivity contribution < 1.29 is 19.4 Å². The number of aromatic nitrogens is 1. The van der Waals surface area contributed by atoms with Crippen LogP contribution in [0.5, 0.6) is 5.75 Å². The predicted molar refractivity (Wildman–Crippen MR) is 129 cm³/mol. The number of carbonyl (C=O) groups is 2. The lowest BCUT2D eigenvalue weighted by Crippen LogP contribution is -2.29. The highest BCUT2D eigenvalue weighted by Crippen LogP contribution is 2.44. The third-order valence-corrected chi connectivity index (χ3v) is 6.68. The number of hydrogen-bond acceptors (Lipinski definition) is 6. The Morgan fingerprint density at radius 2 is 1.76 bits per heavy atom. The number of aliphatic hydroxyl groups is 1. The molecule has 0 bridgehead atoms. The molecule has 0 saturated carbocycles. The van der Waals surface area contributed by atoms with Gasteiger partial charge in [-0.15, -0.1) is 0 Å². The zero-order valence-corrected chi connectivity index (χ0v) is 18.8. The molecule has 2 heterocycles. The number of rotatable bonds is 4. The Balaban J connectivity index is 1.72. The highest BCUT2D eigenvalue weighted by atomic mass is 32.1. The van der Waals surface area contributed by atoms with Gasteiger partial charge in [0.15, 0.2) is 5.13 Å². The van der Waals surface area contributed by atoms with E-state index in [1.165, 1.54) is 16.2 Å². The van der Waals surface area contributed by atoms with E-state index in [2.05, 4.69) is 4.98 Å². The number of nitrogens with zero attached hydrogens (tertiary/aromatic N) is 2. The maximum absolute atomic E-state index is 13.3. The lowest BCUT2D eigenvalue weighted by Gasteiger charge is -2.23. The molecule has 5 rings (SSSR count). The number of carbonyl (C=O) groups excluding carboxylic acids is 2. The van der Waals surface area contributed by atoms with Gasteiger partial charge in [-0.2, -0.15) is 0 Å². The van der Waals surface area contributed by atoms with Gasteiger partial charge in [0.05, 0.1) is 28.9 Å². The minimum absolute atomic E-state index is 0.0341. The molecule has 1 aromatic heterocycles. The van der Waals surface area contributed by atoms with E-state index >= 15 is 0 Å². The van der Waals surface area contributed by atoms with Crippen molar-refractivity contribution in [2.75, 3.05) is 12.0 Å². The van der Waals surface area contributed by atoms with Crippen LogP contribution in [0.1, 0.15) is 22.7 Å². The first-order valence-electron chi connectivity index (χ1n) is 10.4. The molecule has 1 saturated heterocycles. The summed E-state index contributed by atoms with van der Waals surface area (Å²) < 4.78 is 6.18. The largest absolute Gasteiger partial charge is 0.507 e. The fraction of sp³-hybridized carbons (Fsp3) is 0.115. The molecule has 3 aromatic carbocycles. The molecule has 1 atom stereocenters. The Morgan fingerprint density at radius 1 is 1.03 bits per heavy atom. The van der Waals surface area contributed by atoms with Crippen LogP contribution in [0, 0.1) is 6.92 Å². The Bertz CT molecular complexity index is 1410. The van der Waals surface area contributed by atoms with E-state index in [4.69, 9.17) is 4.74 Å². The van der Waals surface area contributed by atoms with E-state index in [1.54, 1.807) is 55.6 Å². The summed E-state index contributed by atoms with van der Waals surface area (Å²) in [5.74, 6) is -1.03. The van der Waals surface area contributed by atoms with Crippen LogP contribution < -0.4 is 9.64 Å². The molecule has 1 N–H and O–H groups in total. The van der Waals surface area contributed by atoms with Gasteiger partial charge < -0.3 is 9.84 Å². The highest BCUT2D eigenvalue weighted by Gasteiger charge is 2.48. The van der Waals surface area contributed by atoms with Crippen molar-refractivity contribution in [3.8, 4) is 5.75 Å². The molecule has 1 fully saturated rings. The molecule has 164 valence electrons. The van der Waals surface area contributed by atoms with Crippen LogP contribution in [-0.2, 0) is 9.59 Å². The summed E-state index contributed by atoms with van der Waals surface area (Å²) in [7, 11) is 1.57. The minimum Gasteiger partial charge on any atom is -0.507 e. The first-order valence-corrected chi connectivity index (χ1v) is 11.2. The third-order valence-electron chi connectivity index (χ3n) is 5.66. The van der Waals surface area contributed by atoms with Crippen molar-refractivity contribution in [3.63, 3.8) is 0 Å². The van der Waals surface area contributed by atoms with Crippen LogP contribution in [0.2, 0.25) is 0 Å². The van der Waals surface area contributed by atoms with Crippen LogP contribution in [-0.4, -0.2) is 28.9 Å². The average molecular weight is 457 g/mol. The van der Waals surface area contributed by atoms with Gasteiger partial charge in [-0.3, -0.25) is 14.5 Å². The van der Waals surface area contributed by atoms with Crippen molar-refractivity contribution in [3.05, 3.63) is 95.1 Å². The molecule has 7 heteroatoms. The van der Waals surface area contributed by atoms with Crippen molar-refractivity contribution in [2.24, 2.45) is 0 Å². The number of aliphatic hydroxyl groups excluding tert-OH is 1. The first-order chi connectivity index (χ1) is 16.0. The number of methoxy groups -OCH3 is 1. The summed E-state index contributed by atoms with van der Waals surface area (Å²) >= 11 is 1.34. The minimum atomic E-state index is -0.822.